The summed E-state index contributed by atoms with van der Waals surface area (Å²) in [7, 11) is 0. The first kappa shape index (κ1) is 59.0. The molecule has 8 amide bonds. The van der Waals surface area contributed by atoms with Crippen LogP contribution in [0.5, 0.6) is 0 Å². The van der Waals surface area contributed by atoms with E-state index in [1.807, 2.05) is 97.1 Å². The van der Waals surface area contributed by atoms with Crippen molar-refractivity contribution in [1.82, 2.24) is 31.1 Å². The quantitative estimate of drug-likeness (QED) is 0.106. The fourth-order valence-corrected chi connectivity index (χ4v) is 9.16. The molecule has 2 fully saturated rings. The van der Waals surface area contributed by atoms with E-state index in [1.165, 1.54) is 19.6 Å². The van der Waals surface area contributed by atoms with Gasteiger partial charge in [-0.05, 0) is 114 Å². The highest BCUT2D eigenvalue weighted by atomic mass is 16.6. The molecule has 4 atom stereocenters. The van der Waals surface area contributed by atoms with Gasteiger partial charge in [-0.15, -0.1) is 0 Å². The van der Waals surface area contributed by atoms with Crippen LogP contribution in [-0.4, -0.2) is 120 Å². The Morgan fingerprint density at radius 1 is 0.525 bits per heavy atom. The van der Waals surface area contributed by atoms with Gasteiger partial charge in [-0.3, -0.25) is 38.8 Å². The summed E-state index contributed by atoms with van der Waals surface area (Å²) in [5.74, 6) is -1.54. The molecule has 0 radical (unpaired) electrons. The molecule has 4 aliphatic heterocycles. The van der Waals surface area contributed by atoms with Crippen molar-refractivity contribution >= 4 is 59.4 Å². The van der Waals surface area contributed by atoms with Crippen LogP contribution in [0.25, 0.3) is 0 Å². The first-order valence-corrected chi connectivity index (χ1v) is 26.8. The number of amides is 8. The van der Waals surface area contributed by atoms with Crippen molar-refractivity contribution in [2.45, 2.75) is 116 Å². The zero-order valence-corrected chi connectivity index (χ0v) is 46.2. The van der Waals surface area contributed by atoms with Gasteiger partial charge in [0.15, 0.2) is 0 Å². The first-order chi connectivity index (χ1) is 38.2. The molecule has 8 rings (SSSR count). The van der Waals surface area contributed by atoms with Gasteiger partial charge in [-0.2, -0.15) is 0 Å². The summed E-state index contributed by atoms with van der Waals surface area (Å²) in [5.41, 5.74) is 2.77. The highest BCUT2D eigenvalue weighted by Crippen LogP contribution is 2.30. The van der Waals surface area contributed by atoms with Crippen LogP contribution < -0.4 is 31.1 Å². The monoisotopic (exact) mass is 1100 g/mol. The van der Waals surface area contributed by atoms with Gasteiger partial charge in [-0.25, -0.2) is 19.2 Å². The predicted molar refractivity (Wildman–Crippen MR) is 299 cm³/mol. The molecular formula is C60H72N8O12. The Bertz CT molecular complexity index is 2710. The lowest BCUT2D eigenvalue weighted by molar-refractivity contribution is -0.130. The van der Waals surface area contributed by atoms with Gasteiger partial charge < -0.3 is 40.2 Å². The predicted octanol–water partition coefficient (Wildman–Crippen LogP) is 8.15. The Kier molecular flexibility index (Phi) is 20.1. The number of hydrogen-bond acceptors (Lipinski definition) is 12. The van der Waals surface area contributed by atoms with E-state index >= 15 is 0 Å². The van der Waals surface area contributed by atoms with Crippen LogP contribution in [0.15, 0.2) is 133 Å². The van der Waals surface area contributed by atoms with Gasteiger partial charge in [-0.1, -0.05) is 109 Å². The molecule has 0 aliphatic carbocycles. The maximum Gasteiger partial charge on any atom is 0.410 e. The normalized spacial score (nSPS) is 20.6. The molecule has 0 spiro atoms. The number of anilines is 2. The summed E-state index contributed by atoms with van der Waals surface area (Å²) in [5, 5.41) is 11.6. The van der Waals surface area contributed by atoms with Crippen molar-refractivity contribution in [2.24, 2.45) is 0 Å². The zero-order chi connectivity index (χ0) is 57.4. The van der Waals surface area contributed by atoms with E-state index in [1.54, 1.807) is 77.9 Å². The molecule has 80 heavy (non-hydrogen) atoms. The molecule has 4 aromatic rings. The molecule has 4 bridgehead atoms. The van der Waals surface area contributed by atoms with Crippen molar-refractivity contribution in [2.75, 3.05) is 49.1 Å². The van der Waals surface area contributed by atoms with Crippen molar-refractivity contribution in [3.8, 4) is 0 Å². The summed E-state index contributed by atoms with van der Waals surface area (Å²) < 4.78 is 21.8. The average Bonchev–Trinajstić information content (AvgIpc) is 3.53. The van der Waals surface area contributed by atoms with Crippen LogP contribution in [0, 0.1) is 0 Å². The van der Waals surface area contributed by atoms with Crippen LogP contribution in [0.2, 0.25) is 0 Å². The van der Waals surface area contributed by atoms with E-state index in [4.69, 9.17) is 18.9 Å². The second-order valence-corrected chi connectivity index (χ2v) is 21.6. The highest BCUT2D eigenvalue weighted by Gasteiger charge is 2.43. The Hall–Kier alpha value is -8.68. The number of nitrogens with zero attached hydrogens (tertiary/aromatic N) is 4. The summed E-state index contributed by atoms with van der Waals surface area (Å²) in [4.78, 5) is 110. The lowest BCUT2D eigenvalue weighted by Gasteiger charge is -2.40. The van der Waals surface area contributed by atoms with Crippen molar-refractivity contribution in [3.05, 3.63) is 156 Å². The van der Waals surface area contributed by atoms with E-state index in [0.717, 1.165) is 22.3 Å². The number of carbonyl (C=O) groups is 8. The van der Waals surface area contributed by atoms with Gasteiger partial charge in [0.2, 0.25) is 23.6 Å². The maximum atomic E-state index is 13.4. The smallest absolute Gasteiger partial charge is 0.410 e. The molecule has 20 heteroatoms. The van der Waals surface area contributed by atoms with E-state index in [0.29, 0.717) is 50.1 Å². The van der Waals surface area contributed by atoms with E-state index in [2.05, 4.69) is 21.3 Å². The van der Waals surface area contributed by atoms with E-state index in [-0.39, 0.29) is 51.2 Å². The molecule has 0 saturated carbocycles. The molecule has 424 valence electrons. The number of alkyl carbamates (subject to hydrolysis) is 2. The van der Waals surface area contributed by atoms with Crippen LogP contribution in [0.1, 0.15) is 102 Å². The Balaban J connectivity index is 0.000000231. The zero-order valence-electron chi connectivity index (χ0n) is 46.2. The molecule has 4 aromatic carbocycles. The first-order valence-electron chi connectivity index (χ1n) is 26.8. The van der Waals surface area contributed by atoms with Crippen LogP contribution in [-0.2, 0) is 51.3 Å². The third kappa shape index (κ3) is 17.2. The Labute approximate surface area is 466 Å². The van der Waals surface area contributed by atoms with Crippen molar-refractivity contribution in [3.63, 3.8) is 0 Å². The molecule has 0 aromatic heterocycles. The Morgan fingerprint density at radius 3 is 1.29 bits per heavy atom. The van der Waals surface area contributed by atoms with E-state index in [9.17, 15) is 38.4 Å². The Morgan fingerprint density at radius 2 is 0.912 bits per heavy atom. The molecular weight excluding hydrogens is 1020 g/mol. The third-order valence-electron chi connectivity index (χ3n) is 12.9. The molecule has 4 N–H and O–H groups in total. The lowest BCUT2D eigenvalue weighted by Crippen LogP contribution is -2.63. The maximum absolute atomic E-state index is 13.4. The number of benzene rings is 4. The number of nitrogens with one attached hydrogen (secondary N) is 4. The number of fused-ring (bicyclic) bond motifs is 8. The standard InChI is InChI=1S/2C30H36N4O6/c2*1-30(2,3)40-29(38)33-18-25-27(36)31-16-9-5-8-15-24(32-28(37)39-20-21-11-6-4-7-12-21)22-13-10-14-23(17-22)34(25)26(35)19-33/h2*4-8,10-14,17,24-25H,9,15-16,18-20H2,1-3H3,(H,31,36)(H,32,37)/b2*8-5+/t24-,25+;24-,25-/m00/s1. The molecule has 0 unspecified atom stereocenters. The van der Waals surface area contributed by atoms with Crippen molar-refractivity contribution < 1.29 is 57.3 Å². The van der Waals surface area contributed by atoms with Gasteiger partial charge in [0.25, 0.3) is 0 Å². The molecule has 4 heterocycles. The summed E-state index contributed by atoms with van der Waals surface area (Å²) >= 11 is 0. The fourth-order valence-electron chi connectivity index (χ4n) is 9.16. The second-order valence-electron chi connectivity index (χ2n) is 21.6. The SMILES string of the molecule is CC(C)(C)OC(=O)N1CC(=O)N2c3cccc(c3)[C@@H](NC(=O)OCc3ccccc3)C/C=C/CCNC(=O)[C@@H]2C1.CC(C)(C)OC(=O)N1CC(=O)N2c3cccc(c3)[C@@H](NC(=O)OCc3ccccc3)C/C=C/CCNC(=O)[C@H]2C1. The molecule has 20 nitrogen and oxygen atoms in total. The van der Waals surface area contributed by atoms with Gasteiger partial charge in [0, 0.05) is 24.5 Å². The molecule has 2 saturated heterocycles. The minimum absolute atomic E-state index is 0.0138. The summed E-state index contributed by atoms with van der Waals surface area (Å²) in [6.07, 6.45) is 7.44. The van der Waals surface area contributed by atoms with Gasteiger partial charge in [0.1, 0.15) is 49.6 Å². The van der Waals surface area contributed by atoms with E-state index < -0.39 is 71.6 Å². The van der Waals surface area contributed by atoms with Crippen LogP contribution in [0.3, 0.4) is 0 Å². The number of carbonyl (C=O) groups excluding carboxylic acids is 8. The second kappa shape index (κ2) is 27.3. The molecule has 4 aliphatic rings. The summed E-state index contributed by atoms with van der Waals surface area (Å²) in [6.45, 7) is 11.0. The van der Waals surface area contributed by atoms with Crippen LogP contribution >= 0.6 is 0 Å². The topological polar surface area (TPSA) is 235 Å². The number of rotatable bonds is 6. The number of hydrogen-bond donors (Lipinski definition) is 4. The third-order valence-corrected chi connectivity index (χ3v) is 12.9. The van der Waals surface area contributed by atoms with Gasteiger partial charge >= 0.3 is 24.4 Å². The number of ether oxygens (including phenoxy) is 4. The summed E-state index contributed by atoms with van der Waals surface area (Å²) in [6, 6.07) is 30.4. The highest BCUT2D eigenvalue weighted by molar-refractivity contribution is 6.05. The number of piperazine rings is 2. The lowest BCUT2D eigenvalue weighted by atomic mass is 10.0. The van der Waals surface area contributed by atoms with Crippen LogP contribution in [0.4, 0.5) is 30.6 Å². The minimum Gasteiger partial charge on any atom is -0.445 e. The van der Waals surface area contributed by atoms with Crippen molar-refractivity contribution in [1.29, 1.82) is 0 Å². The average molecular weight is 1100 g/mol. The largest absolute Gasteiger partial charge is 0.445 e. The van der Waals surface area contributed by atoms with Gasteiger partial charge in [0.05, 0.1) is 25.2 Å². The minimum atomic E-state index is -0.948. The fraction of sp³-hybridized carbons (Fsp3) is 0.400.